The fourth-order valence-corrected chi connectivity index (χ4v) is 2.57. The summed E-state index contributed by atoms with van der Waals surface area (Å²) in [5.74, 6) is -0.0559. The average molecular weight is 341 g/mol. The number of rotatable bonds is 5. The van der Waals surface area contributed by atoms with Gasteiger partial charge in [-0.1, -0.05) is 22.0 Å². The minimum Gasteiger partial charge on any atom is -0.376 e. The molecule has 0 spiro atoms. The SMILES string of the molecule is Cc1ccc(C(=O)NCCOC2CCNCC2)cc1Br. The van der Waals surface area contributed by atoms with E-state index in [1.807, 2.05) is 25.1 Å². The molecule has 1 amide bonds. The zero-order valence-electron chi connectivity index (χ0n) is 11.7. The van der Waals surface area contributed by atoms with Gasteiger partial charge in [0.15, 0.2) is 0 Å². The average Bonchev–Trinajstić information content (AvgIpc) is 2.47. The Kier molecular flexibility index (Phi) is 6.01. The second-order valence-corrected chi connectivity index (χ2v) is 5.89. The molecular formula is C15H21BrN2O2. The van der Waals surface area contributed by atoms with E-state index in [0.29, 0.717) is 24.8 Å². The van der Waals surface area contributed by atoms with Gasteiger partial charge in [0.2, 0.25) is 0 Å². The summed E-state index contributed by atoms with van der Waals surface area (Å²) in [6, 6.07) is 5.62. The number of carbonyl (C=O) groups excluding carboxylic acids is 1. The zero-order chi connectivity index (χ0) is 14.4. The van der Waals surface area contributed by atoms with Gasteiger partial charge in [0.05, 0.1) is 12.7 Å². The third kappa shape index (κ3) is 4.58. The van der Waals surface area contributed by atoms with Gasteiger partial charge in [-0.05, 0) is 50.6 Å². The summed E-state index contributed by atoms with van der Waals surface area (Å²) >= 11 is 3.44. The lowest BCUT2D eigenvalue weighted by Crippen LogP contribution is -2.34. The van der Waals surface area contributed by atoms with E-state index in [1.54, 1.807) is 0 Å². The van der Waals surface area contributed by atoms with Crippen LogP contribution in [0.3, 0.4) is 0 Å². The molecule has 1 aliphatic rings. The quantitative estimate of drug-likeness (QED) is 0.808. The van der Waals surface area contributed by atoms with Crippen LogP contribution in [0, 0.1) is 6.92 Å². The highest BCUT2D eigenvalue weighted by Crippen LogP contribution is 2.17. The number of hydrogen-bond acceptors (Lipinski definition) is 3. The summed E-state index contributed by atoms with van der Waals surface area (Å²) in [5, 5.41) is 6.19. The van der Waals surface area contributed by atoms with E-state index in [2.05, 4.69) is 26.6 Å². The second-order valence-electron chi connectivity index (χ2n) is 5.04. The van der Waals surface area contributed by atoms with E-state index < -0.39 is 0 Å². The van der Waals surface area contributed by atoms with Crippen LogP contribution in [0.25, 0.3) is 0 Å². The summed E-state index contributed by atoms with van der Waals surface area (Å²) < 4.78 is 6.70. The van der Waals surface area contributed by atoms with Crippen molar-refractivity contribution in [3.05, 3.63) is 33.8 Å². The molecule has 0 bridgehead atoms. The lowest BCUT2D eigenvalue weighted by molar-refractivity contribution is 0.0343. The Labute approximate surface area is 128 Å². The van der Waals surface area contributed by atoms with Crippen LogP contribution in [0.2, 0.25) is 0 Å². The Morgan fingerprint density at radius 3 is 2.90 bits per heavy atom. The van der Waals surface area contributed by atoms with Gasteiger partial charge in [0, 0.05) is 16.6 Å². The molecule has 20 heavy (non-hydrogen) atoms. The number of aryl methyl sites for hydroxylation is 1. The van der Waals surface area contributed by atoms with Crippen molar-refractivity contribution < 1.29 is 9.53 Å². The molecule has 0 saturated carbocycles. The first-order valence-electron chi connectivity index (χ1n) is 7.03. The van der Waals surface area contributed by atoms with E-state index in [4.69, 9.17) is 4.74 Å². The van der Waals surface area contributed by atoms with Crippen LogP contribution in [-0.4, -0.2) is 38.3 Å². The van der Waals surface area contributed by atoms with E-state index >= 15 is 0 Å². The standard InChI is InChI=1S/C15H21BrN2O2/c1-11-2-3-12(10-14(11)16)15(19)18-8-9-20-13-4-6-17-7-5-13/h2-3,10,13,17H,4-9H2,1H3,(H,18,19). The molecule has 0 unspecified atom stereocenters. The number of piperidine rings is 1. The van der Waals surface area contributed by atoms with E-state index in [0.717, 1.165) is 36.0 Å². The first-order chi connectivity index (χ1) is 9.66. The highest BCUT2D eigenvalue weighted by atomic mass is 79.9. The number of amides is 1. The fourth-order valence-electron chi connectivity index (χ4n) is 2.19. The minimum absolute atomic E-state index is 0.0559. The van der Waals surface area contributed by atoms with Crippen molar-refractivity contribution in [3.63, 3.8) is 0 Å². The maximum absolute atomic E-state index is 12.0. The summed E-state index contributed by atoms with van der Waals surface area (Å²) in [7, 11) is 0. The molecule has 4 nitrogen and oxygen atoms in total. The predicted octanol–water partition coefficient (Wildman–Crippen LogP) is 2.26. The van der Waals surface area contributed by atoms with Crippen LogP contribution in [0.1, 0.15) is 28.8 Å². The van der Waals surface area contributed by atoms with Gasteiger partial charge in [-0.3, -0.25) is 4.79 Å². The topological polar surface area (TPSA) is 50.4 Å². The van der Waals surface area contributed by atoms with Crippen LogP contribution in [0.4, 0.5) is 0 Å². The summed E-state index contributed by atoms with van der Waals surface area (Å²) in [6.45, 7) is 5.17. The van der Waals surface area contributed by atoms with Gasteiger partial charge >= 0.3 is 0 Å². The highest BCUT2D eigenvalue weighted by molar-refractivity contribution is 9.10. The molecule has 1 aromatic rings. The van der Waals surface area contributed by atoms with Crippen molar-refractivity contribution in [2.75, 3.05) is 26.2 Å². The number of nitrogens with one attached hydrogen (secondary N) is 2. The molecule has 0 aliphatic carbocycles. The van der Waals surface area contributed by atoms with Crippen LogP contribution in [0.15, 0.2) is 22.7 Å². The molecule has 1 aromatic carbocycles. The molecule has 0 atom stereocenters. The molecule has 5 heteroatoms. The number of halogens is 1. The third-order valence-corrected chi connectivity index (χ3v) is 4.32. The lowest BCUT2D eigenvalue weighted by Gasteiger charge is -2.22. The van der Waals surface area contributed by atoms with Crippen molar-refractivity contribution in [1.82, 2.24) is 10.6 Å². The Morgan fingerprint density at radius 1 is 1.45 bits per heavy atom. The lowest BCUT2D eigenvalue weighted by atomic mass is 10.1. The predicted molar refractivity (Wildman–Crippen MR) is 83.1 cm³/mol. The van der Waals surface area contributed by atoms with Gasteiger partial charge in [0.1, 0.15) is 0 Å². The maximum Gasteiger partial charge on any atom is 0.251 e. The summed E-state index contributed by atoms with van der Waals surface area (Å²) in [4.78, 5) is 12.0. The number of ether oxygens (including phenoxy) is 1. The Hall–Kier alpha value is -0.910. The van der Waals surface area contributed by atoms with Gasteiger partial charge in [-0.25, -0.2) is 0 Å². The Morgan fingerprint density at radius 2 is 2.20 bits per heavy atom. The van der Waals surface area contributed by atoms with Gasteiger partial charge < -0.3 is 15.4 Å². The molecule has 1 saturated heterocycles. The molecule has 1 heterocycles. The fraction of sp³-hybridized carbons (Fsp3) is 0.533. The zero-order valence-corrected chi connectivity index (χ0v) is 13.3. The van der Waals surface area contributed by atoms with Crippen molar-refractivity contribution in [2.24, 2.45) is 0 Å². The maximum atomic E-state index is 12.0. The largest absolute Gasteiger partial charge is 0.376 e. The van der Waals surface area contributed by atoms with Crippen molar-refractivity contribution in [3.8, 4) is 0 Å². The minimum atomic E-state index is -0.0559. The van der Waals surface area contributed by atoms with Crippen LogP contribution < -0.4 is 10.6 Å². The molecular weight excluding hydrogens is 320 g/mol. The number of benzene rings is 1. The Bertz CT molecular complexity index is 459. The highest BCUT2D eigenvalue weighted by Gasteiger charge is 2.13. The first-order valence-corrected chi connectivity index (χ1v) is 7.83. The monoisotopic (exact) mass is 340 g/mol. The molecule has 1 aliphatic heterocycles. The Balaban J connectivity index is 1.70. The van der Waals surface area contributed by atoms with E-state index in [-0.39, 0.29) is 5.91 Å². The van der Waals surface area contributed by atoms with Gasteiger partial charge in [-0.15, -0.1) is 0 Å². The summed E-state index contributed by atoms with van der Waals surface area (Å²) in [5.41, 5.74) is 1.79. The van der Waals surface area contributed by atoms with Crippen LogP contribution in [-0.2, 0) is 4.74 Å². The molecule has 0 radical (unpaired) electrons. The number of carbonyl (C=O) groups is 1. The van der Waals surface area contributed by atoms with Gasteiger partial charge in [0.25, 0.3) is 5.91 Å². The smallest absolute Gasteiger partial charge is 0.251 e. The van der Waals surface area contributed by atoms with Crippen LogP contribution >= 0.6 is 15.9 Å². The van der Waals surface area contributed by atoms with E-state index in [9.17, 15) is 4.79 Å². The van der Waals surface area contributed by atoms with Crippen molar-refractivity contribution in [2.45, 2.75) is 25.9 Å². The number of hydrogen-bond donors (Lipinski definition) is 2. The molecule has 0 aromatic heterocycles. The molecule has 1 fully saturated rings. The second kappa shape index (κ2) is 7.76. The normalized spacial score (nSPS) is 16.1. The molecule has 2 rings (SSSR count). The molecule has 2 N–H and O–H groups in total. The molecule has 110 valence electrons. The van der Waals surface area contributed by atoms with E-state index in [1.165, 1.54) is 0 Å². The van der Waals surface area contributed by atoms with Crippen molar-refractivity contribution >= 4 is 21.8 Å². The van der Waals surface area contributed by atoms with Gasteiger partial charge in [-0.2, -0.15) is 0 Å². The van der Waals surface area contributed by atoms with Crippen molar-refractivity contribution in [1.29, 1.82) is 0 Å². The first kappa shape index (κ1) is 15.5. The summed E-state index contributed by atoms with van der Waals surface area (Å²) in [6.07, 6.45) is 2.44. The third-order valence-electron chi connectivity index (χ3n) is 3.46. The van der Waals surface area contributed by atoms with Crippen LogP contribution in [0.5, 0.6) is 0 Å².